The van der Waals surface area contributed by atoms with Crippen molar-refractivity contribution in [2.75, 3.05) is 0 Å². The average Bonchev–Trinajstić information content (AvgIpc) is 2.26. The minimum absolute atomic E-state index is 0.542. The van der Waals surface area contributed by atoms with E-state index in [0.717, 1.165) is 0 Å². The lowest BCUT2D eigenvalue weighted by Crippen LogP contribution is -2.17. The molecular weight excluding hydrogens is 248 g/mol. The van der Waals surface area contributed by atoms with Gasteiger partial charge in [-0.1, -0.05) is 0 Å². The van der Waals surface area contributed by atoms with Crippen molar-refractivity contribution in [3.63, 3.8) is 0 Å². The van der Waals surface area contributed by atoms with E-state index >= 15 is 0 Å². The second-order valence-electron chi connectivity index (χ2n) is 3.07. The van der Waals surface area contributed by atoms with Gasteiger partial charge in [-0.25, -0.2) is 19.2 Å². The van der Waals surface area contributed by atoms with Crippen LogP contribution in [0.5, 0.6) is 0 Å². The Bertz CT molecular complexity index is 536. The lowest BCUT2D eigenvalue weighted by Gasteiger charge is -2.06. The largest absolute Gasteiger partial charge is 0.478 e. The predicted octanol–water partition coefficient (Wildman–Crippen LogP) is 0.280. The first-order chi connectivity index (χ1) is 8.25. The van der Waals surface area contributed by atoms with Crippen molar-refractivity contribution in [2.45, 2.75) is 0 Å². The van der Waals surface area contributed by atoms with Gasteiger partial charge >= 0.3 is 23.9 Å². The molecule has 0 spiro atoms. The van der Waals surface area contributed by atoms with Crippen LogP contribution in [0.3, 0.4) is 0 Å². The van der Waals surface area contributed by atoms with Gasteiger partial charge in [0, 0.05) is 6.07 Å². The quantitative estimate of drug-likeness (QED) is 0.597. The second kappa shape index (κ2) is 4.53. The van der Waals surface area contributed by atoms with Crippen LogP contribution in [-0.4, -0.2) is 44.3 Å². The Kier molecular flexibility index (Phi) is 3.32. The van der Waals surface area contributed by atoms with Gasteiger partial charge in [-0.15, -0.1) is 0 Å². The van der Waals surface area contributed by atoms with Gasteiger partial charge in [-0.3, -0.25) is 0 Å². The number of carboxylic acids is 4. The number of benzene rings is 1. The van der Waals surface area contributed by atoms with Crippen LogP contribution in [0, 0.1) is 6.07 Å². The van der Waals surface area contributed by atoms with Gasteiger partial charge in [0.1, 0.15) is 0 Å². The zero-order valence-corrected chi connectivity index (χ0v) is 8.50. The SMILES string of the molecule is O=C(O)c1[c]c(C(=O)O)c(C(=O)O)c(C(=O)O)c1. The van der Waals surface area contributed by atoms with Crippen LogP contribution in [0.15, 0.2) is 6.07 Å². The van der Waals surface area contributed by atoms with Crippen LogP contribution in [-0.2, 0) is 0 Å². The summed E-state index contributed by atoms with van der Waals surface area (Å²) in [6.07, 6.45) is 0. The van der Waals surface area contributed by atoms with Crippen LogP contribution >= 0.6 is 0 Å². The summed E-state index contributed by atoms with van der Waals surface area (Å²) < 4.78 is 0. The Hall–Kier alpha value is -2.90. The zero-order chi connectivity index (χ0) is 14.0. The number of carbonyl (C=O) groups is 4. The van der Waals surface area contributed by atoms with Crippen molar-refractivity contribution < 1.29 is 39.6 Å². The lowest BCUT2D eigenvalue weighted by molar-refractivity contribution is 0.0631. The molecule has 0 aliphatic carbocycles. The van der Waals surface area contributed by atoms with Gasteiger partial charge < -0.3 is 20.4 Å². The molecule has 0 saturated carbocycles. The summed E-state index contributed by atoms with van der Waals surface area (Å²) >= 11 is 0. The molecule has 1 rings (SSSR count). The lowest BCUT2D eigenvalue weighted by atomic mass is 9.97. The molecule has 0 amide bonds. The summed E-state index contributed by atoms with van der Waals surface area (Å²) in [5, 5.41) is 35.0. The molecule has 0 aliphatic heterocycles. The number of rotatable bonds is 4. The maximum Gasteiger partial charge on any atom is 0.337 e. The van der Waals surface area contributed by atoms with Crippen molar-refractivity contribution in [3.8, 4) is 0 Å². The first kappa shape index (κ1) is 13.2. The van der Waals surface area contributed by atoms with Crippen LogP contribution in [0.25, 0.3) is 0 Å². The van der Waals surface area contributed by atoms with Gasteiger partial charge in [0.2, 0.25) is 0 Å². The van der Waals surface area contributed by atoms with Crippen molar-refractivity contribution in [1.29, 1.82) is 0 Å². The highest BCUT2D eigenvalue weighted by atomic mass is 16.4. The van der Waals surface area contributed by atoms with Gasteiger partial charge in [-0.2, -0.15) is 0 Å². The van der Waals surface area contributed by atoms with Gasteiger partial charge in [-0.05, 0) is 6.07 Å². The molecule has 1 aromatic carbocycles. The molecule has 0 unspecified atom stereocenters. The van der Waals surface area contributed by atoms with Gasteiger partial charge in [0.25, 0.3) is 0 Å². The molecular formula is C10H5O8. The number of carboxylic acid groups (broad SMARTS) is 4. The molecule has 0 heterocycles. The van der Waals surface area contributed by atoms with Crippen molar-refractivity contribution in [2.24, 2.45) is 0 Å². The summed E-state index contributed by atoms with van der Waals surface area (Å²) in [4.78, 5) is 43.1. The topological polar surface area (TPSA) is 149 Å². The minimum atomic E-state index is -1.79. The van der Waals surface area contributed by atoms with E-state index in [9.17, 15) is 19.2 Å². The van der Waals surface area contributed by atoms with E-state index in [1.165, 1.54) is 0 Å². The van der Waals surface area contributed by atoms with Crippen LogP contribution < -0.4 is 0 Å². The molecule has 8 heteroatoms. The minimum Gasteiger partial charge on any atom is -0.478 e. The van der Waals surface area contributed by atoms with Crippen LogP contribution in [0.2, 0.25) is 0 Å². The van der Waals surface area contributed by atoms with Crippen molar-refractivity contribution in [1.82, 2.24) is 0 Å². The Labute approximate surface area is 98.7 Å². The molecule has 18 heavy (non-hydrogen) atoms. The van der Waals surface area contributed by atoms with E-state index in [2.05, 4.69) is 0 Å². The molecule has 0 aliphatic rings. The van der Waals surface area contributed by atoms with E-state index in [-0.39, 0.29) is 0 Å². The average molecular weight is 253 g/mol. The van der Waals surface area contributed by atoms with E-state index in [0.29, 0.717) is 6.07 Å². The Morgan fingerprint density at radius 2 is 1.39 bits per heavy atom. The molecule has 0 saturated heterocycles. The third-order valence-electron chi connectivity index (χ3n) is 1.96. The standard InChI is InChI=1S/C10H5O8/c11-7(12)3-1-4(8(13)14)6(10(17)18)5(2-3)9(15)16/h1H,(H,11,12)(H,13,14)(H,15,16)(H,17,18). The van der Waals surface area contributed by atoms with E-state index < -0.39 is 46.1 Å². The molecule has 93 valence electrons. The zero-order valence-electron chi connectivity index (χ0n) is 8.50. The van der Waals surface area contributed by atoms with Crippen molar-refractivity contribution in [3.05, 3.63) is 34.4 Å². The smallest absolute Gasteiger partial charge is 0.337 e. The van der Waals surface area contributed by atoms with E-state index in [4.69, 9.17) is 20.4 Å². The maximum atomic E-state index is 10.8. The summed E-state index contributed by atoms with van der Waals surface area (Å²) in [7, 11) is 0. The first-order valence-corrected chi connectivity index (χ1v) is 4.29. The molecule has 0 fully saturated rings. The summed E-state index contributed by atoms with van der Waals surface area (Å²) in [6, 6.07) is 2.39. The number of aromatic carboxylic acids is 4. The highest BCUT2D eigenvalue weighted by Gasteiger charge is 2.26. The molecule has 0 aromatic heterocycles. The highest BCUT2D eigenvalue weighted by molar-refractivity contribution is 6.10. The van der Waals surface area contributed by atoms with Crippen molar-refractivity contribution >= 4 is 23.9 Å². The molecule has 0 bridgehead atoms. The maximum absolute atomic E-state index is 10.8. The van der Waals surface area contributed by atoms with Crippen LogP contribution in [0.1, 0.15) is 41.4 Å². The third kappa shape index (κ3) is 2.26. The summed E-state index contributed by atoms with van der Waals surface area (Å²) in [6.45, 7) is 0. The Morgan fingerprint density at radius 1 is 0.833 bits per heavy atom. The monoisotopic (exact) mass is 253 g/mol. The van der Waals surface area contributed by atoms with E-state index in [1.54, 1.807) is 0 Å². The molecule has 8 nitrogen and oxygen atoms in total. The Balaban J connectivity index is 3.76. The fraction of sp³-hybridized carbons (Fsp3) is 0. The first-order valence-electron chi connectivity index (χ1n) is 4.29. The molecule has 1 aromatic rings. The highest BCUT2D eigenvalue weighted by Crippen LogP contribution is 2.18. The normalized spacial score (nSPS) is 9.78. The third-order valence-corrected chi connectivity index (χ3v) is 1.96. The summed E-state index contributed by atoms with van der Waals surface area (Å²) in [5.74, 6) is -6.93. The molecule has 0 atom stereocenters. The fourth-order valence-corrected chi connectivity index (χ4v) is 1.25. The Morgan fingerprint density at radius 3 is 1.72 bits per heavy atom. The fourth-order valence-electron chi connectivity index (χ4n) is 1.25. The van der Waals surface area contributed by atoms with E-state index in [1.807, 2.05) is 6.07 Å². The second-order valence-corrected chi connectivity index (χ2v) is 3.07. The van der Waals surface area contributed by atoms with Crippen LogP contribution in [0.4, 0.5) is 0 Å². The molecule has 4 N–H and O–H groups in total. The summed E-state index contributed by atoms with van der Waals surface area (Å²) in [5.41, 5.74) is -3.69. The molecule has 1 radical (unpaired) electrons. The van der Waals surface area contributed by atoms with Gasteiger partial charge in [0.05, 0.1) is 22.3 Å². The predicted molar refractivity (Wildman–Crippen MR) is 53.1 cm³/mol. The van der Waals surface area contributed by atoms with Gasteiger partial charge in [0.15, 0.2) is 0 Å². The number of hydrogen-bond donors (Lipinski definition) is 4. The number of hydrogen-bond acceptors (Lipinski definition) is 4.